The van der Waals surface area contributed by atoms with Gasteiger partial charge in [0.25, 0.3) is 0 Å². The Bertz CT molecular complexity index is 117. The Morgan fingerprint density at radius 3 is 2.42 bits per heavy atom. The number of aldehydes is 1. The molecule has 1 amide bonds. The van der Waals surface area contributed by atoms with Crippen LogP contribution in [0.25, 0.3) is 0 Å². The van der Waals surface area contributed by atoms with Crippen LogP contribution in [0.2, 0.25) is 0 Å². The van der Waals surface area contributed by atoms with Crippen molar-refractivity contribution in [1.82, 2.24) is 10.6 Å². The molecule has 5 heteroatoms. The molecular formula is C7H16N2O3. The Labute approximate surface area is 72.5 Å². The van der Waals surface area contributed by atoms with Crippen molar-refractivity contribution in [3.63, 3.8) is 0 Å². The number of likely N-dealkylation sites (N-methyl/N-ethyl adjacent to an activating group) is 1. The van der Waals surface area contributed by atoms with Crippen LogP contribution >= 0.6 is 0 Å². The van der Waals surface area contributed by atoms with E-state index in [0.717, 1.165) is 6.29 Å². The number of methoxy groups -OCH3 is 1. The second kappa shape index (κ2) is 12.7. The number of carbonyl (C=O) groups is 2. The van der Waals surface area contributed by atoms with Crippen LogP contribution in [-0.4, -0.2) is 39.6 Å². The average molecular weight is 176 g/mol. The van der Waals surface area contributed by atoms with Gasteiger partial charge in [-0.3, -0.25) is 4.79 Å². The SMILES string of the molecule is CC=O.CNCC(=O)NCOC. The summed E-state index contributed by atoms with van der Waals surface area (Å²) >= 11 is 0. The van der Waals surface area contributed by atoms with Gasteiger partial charge in [0.1, 0.15) is 13.0 Å². The van der Waals surface area contributed by atoms with Crippen LogP contribution in [0.5, 0.6) is 0 Å². The molecule has 5 nitrogen and oxygen atoms in total. The third-order valence-corrected chi connectivity index (χ3v) is 0.751. The van der Waals surface area contributed by atoms with Crippen LogP contribution in [0.3, 0.4) is 0 Å². The summed E-state index contributed by atoms with van der Waals surface area (Å²) in [6, 6.07) is 0. The lowest BCUT2D eigenvalue weighted by atomic mass is 10.6. The topological polar surface area (TPSA) is 67.4 Å². The summed E-state index contributed by atoms with van der Waals surface area (Å²) in [5, 5.41) is 5.22. The van der Waals surface area contributed by atoms with Crippen molar-refractivity contribution in [3.05, 3.63) is 0 Å². The minimum atomic E-state index is -0.0562. The van der Waals surface area contributed by atoms with Crippen molar-refractivity contribution in [3.8, 4) is 0 Å². The largest absolute Gasteiger partial charge is 0.364 e. The van der Waals surface area contributed by atoms with E-state index in [1.54, 1.807) is 7.05 Å². The smallest absolute Gasteiger partial charge is 0.235 e. The monoisotopic (exact) mass is 176 g/mol. The number of rotatable bonds is 4. The van der Waals surface area contributed by atoms with Gasteiger partial charge in [0, 0.05) is 7.11 Å². The molecule has 0 aromatic carbocycles. The predicted octanol–water partition coefficient (Wildman–Crippen LogP) is -0.869. The Kier molecular flexibility index (Phi) is 14.4. The fraction of sp³-hybridized carbons (Fsp3) is 0.714. The molecule has 0 aromatic heterocycles. The molecule has 72 valence electrons. The standard InChI is InChI=1S/C5H12N2O2.C2H4O/c1-6-3-5(8)7-4-9-2;1-2-3/h6H,3-4H2,1-2H3,(H,7,8);2H,1H3. The van der Waals surface area contributed by atoms with Gasteiger partial charge in [0.2, 0.25) is 5.91 Å². The van der Waals surface area contributed by atoms with Gasteiger partial charge in [0.05, 0.1) is 6.54 Å². The number of amides is 1. The molecule has 0 aliphatic heterocycles. The van der Waals surface area contributed by atoms with Gasteiger partial charge in [-0.05, 0) is 14.0 Å². The maximum atomic E-state index is 10.5. The van der Waals surface area contributed by atoms with Crippen molar-refractivity contribution < 1.29 is 14.3 Å². The van der Waals surface area contributed by atoms with E-state index in [1.807, 2.05) is 0 Å². The first kappa shape index (κ1) is 13.6. The summed E-state index contributed by atoms with van der Waals surface area (Å²) in [7, 11) is 3.24. The fourth-order valence-corrected chi connectivity index (χ4v) is 0.376. The second-order valence-corrected chi connectivity index (χ2v) is 1.80. The third kappa shape index (κ3) is 16.0. The highest BCUT2D eigenvalue weighted by Gasteiger charge is 1.93. The van der Waals surface area contributed by atoms with Gasteiger partial charge < -0.3 is 20.2 Å². The zero-order chi connectivity index (χ0) is 9.82. The molecule has 0 atom stereocenters. The lowest BCUT2D eigenvalue weighted by molar-refractivity contribution is -0.121. The van der Waals surface area contributed by atoms with E-state index in [4.69, 9.17) is 4.79 Å². The van der Waals surface area contributed by atoms with Crippen molar-refractivity contribution in [2.24, 2.45) is 0 Å². The number of hydrogen-bond donors (Lipinski definition) is 2. The average Bonchev–Trinajstić information content (AvgIpc) is 2.03. The zero-order valence-corrected chi connectivity index (χ0v) is 7.72. The Morgan fingerprint density at radius 1 is 1.58 bits per heavy atom. The predicted molar refractivity (Wildman–Crippen MR) is 45.7 cm³/mol. The summed E-state index contributed by atoms with van der Waals surface area (Å²) in [6.07, 6.45) is 0.750. The highest BCUT2D eigenvalue weighted by Crippen LogP contribution is 1.62. The molecule has 0 heterocycles. The molecule has 0 aromatic rings. The molecule has 0 bridgehead atoms. The van der Waals surface area contributed by atoms with Crippen LogP contribution < -0.4 is 10.6 Å². The van der Waals surface area contributed by atoms with Crippen LogP contribution in [0.1, 0.15) is 6.92 Å². The molecule has 2 N–H and O–H groups in total. The molecular weight excluding hydrogens is 160 g/mol. The highest BCUT2D eigenvalue weighted by atomic mass is 16.5. The lowest BCUT2D eigenvalue weighted by Crippen LogP contribution is -2.33. The summed E-state index contributed by atoms with van der Waals surface area (Å²) in [6.45, 7) is 2.06. The summed E-state index contributed by atoms with van der Waals surface area (Å²) in [5.41, 5.74) is 0. The molecule has 0 spiro atoms. The molecule has 0 fully saturated rings. The zero-order valence-electron chi connectivity index (χ0n) is 7.72. The van der Waals surface area contributed by atoms with E-state index >= 15 is 0 Å². The van der Waals surface area contributed by atoms with E-state index in [-0.39, 0.29) is 12.6 Å². The molecule has 0 aliphatic rings. The third-order valence-electron chi connectivity index (χ3n) is 0.751. The minimum absolute atomic E-state index is 0.0562. The molecule has 12 heavy (non-hydrogen) atoms. The quantitative estimate of drug-likeness (QED) is 0.431. The lowest BCUT2D eigenvalue weighted by Gasteiger charge is -2.00. The van der Waals surface area contributed by atoms with E-state index in [9.17, 15) is 4.79 Å². The number of hydrogen-bond acceptors (Lipinski definition) is 4. The number of carbonyl (C=O) groups excluding carboxylic acids is 2. The molecule has 0 aliphatic carbocycles. The van der Waals surface area contributed by atoms with Gasteiger partial charge in [0.15, 0.2) is 0 Å². The van der Waals surface area contributed by atoms with Crippen LogP contribution in [-0.2, 0) is 14.3 Å². The highest BCUT2D eigenvalue weighted by molar-refractivity contribution is 5.77. The summed E-state index contributed by atoms with van der Waals surface area (Å²) in [4.78, 5) is 19.4. The van der Waals surface area contributed by atoms with Gasteiger partial charge in [-0.2, -0.15) is 0 Å². The summed E-state index contributed by atoms with van der Waals surface area (Å²) < 4.78 is 4.60. The van der Waals surface area contributed by atoms with Crippen molar-refractivity contribution in [2.45, 2.75) is 6.92 Å². The fourth-order valence-electron chi connectivity index (χ4n) is 0.376. The van der Waals surface area contributed by atoms with Crippen molar-refractivity contribution in [2.75, 3.05) is 27.4 Å². The minimum Gasteiger partial charge on any atom is -0.364 e. The first-order valence-electron chi connectivity index (χ1n) is 3.52. The van der Waals surface area contributed by atoms with Gasteiger partial charge in [-0.1, -0.05) is 0 Å². The molecule has 0 radical (unpaired) electrons. The maximum absolute atomic E-state index is 10.5. The number of ether oxygens (including phenoxy) is 1. The molecule has 0 rings (SSSR count). The maximum Gasteiger partial charge on any atom is 0.235 e. The molecule has 0 unspecified atom stereocenters. The summed E-state index contributed by atoms with van der Waals surface area (Å²) in [5.74, 6) is -0.0562. The first-order chi connectivity index (χ1) is 5.72. The van der Waals surface area contributed by atoms with Gasteiger partial charge >= 0.3 is 0 Å². The van der Waals surface area contributed by atoms with Gasteiger partial charge in [-0.25, -0.2) is 0 Å². The van der Waals surface area contributed by atoms with Crippen molar-refractivity contribution in [1.29, 1.82) is 0 Å². The van der Waals surface area contributed by atoms with Crippen LogP contribution in [0.4, 0.5) is 0 Å². The Morgan fingerprint density at radius 2 is 2.08 bits per heavy atom. The Balaban J connectivity index is 0. The van der Waals surface area contributed by atoms with Crippen LogP contribution in [0, 0.1) is 0 Å². The normalized spacial score (nSPS) is 7.92. The van der Waals surface area contributed by atoms with Crippen molar-refractivity contribution >= 4 is 12.2 Å². The Hall–Kier alpha value is -0.940. The second-order valence-electron chi connectivity index (χ2n) is 1.80. The first-order valence-corrected chi connectivity index (χ1v) is 3.52. The van der Waals surface area contributed by atoms with Crippen LogP contribution in [0.15, 0.2) is 0 Å². The van der Waals surface area contributed by atoms with E-state index in [2.05, 4.69) is 15.4 Å². The molecule has 0 saturated heterocycles. The van der Waals surface area contributed by atoms with Gasteiger partial charge in [-0.15, -0.1) is 0 Å². The number of nitrogens with one attached hydrogen (secondary N) is 2. The molecule has 0 saturated carbocycles. The van der Waals surface area contributed by atoms with E-state index in [0.29, 0.717) is 6.54 Å². The van der Waals surface area contributed by atoms with E-state index < -0.39 is 0 Å². The van der Waals surface area contributed by atoms with E-state index in [1.165, 1.54) is 14.0 Å².